The summed E-state index contributed by atoms with van der Waals surface area (Å²) >= 11 is 0. The molecule has 9 nitrogen and oxygen atoms in total. The van der Waals surface area contributed by atoms with Crippen LogP contribution < -0.4 is 10.6 Å². The molecule has 0 aliphatic carbocycles. The fourth-order valence-corrected chi connectivity index (χ4v) is 4.14. The van der Waals surface area contributed by atoms with E-state index in [4.69, 9.17) is 4.74 Å². The van der Waals surface area contributed by atoms with Gasteiger partial charge in [-0.2, -0.15) is 5.10 Å². The Morgan fingerprint density at radius 3 is 2.71 bits per heavy atom. The number of hydrogen-bond donors (Lipinski definition) is 2. The molecule has 1 aromatic carbocycles. The standard InChI is InChI=1S/C25H27N7O2/c1-18-13-21(7-8-26-18)32-23-16-27-24(14-20(23)15-28-32)30-25(33)29-22(19-5-3-2-4-6-19)17-31-9-11-34-12-10-31/h2-8,13-16,22H,9-12,17H2,1H3,(H2,27,29,30,33). The van der Waals surface area contributed by atoms with Crippen molar-refractivity contribution in [3.8, 4) is 5.69 Å². The summed E-state index contributed by atoms with van der Waals surface area (Å²) in [6, 6.07) is 15.2. The van der Waals surface area contributed by atoms with Gasteiger partial charge in [0.1, 0.15) is 5.82 Å². The van der Waals surface area contributed by atoms with Crippen LogP contribution in [0.15, 0.2) is 67.1 Å². The summed E-state index contributed by atoms with van der Waals surface area (Å²) in [6.45, 7) is 5.79. The first-order valence-electron chi connectivity index (χ1n) is 11.3. The van der Waals surface area contributed by atoms with Gasteiger partial charge in [-0.25, -0.2) is 14.5 Å². The van der Waals surface area contributed by atoms with Gasteiger partial charge in [-0.05, 0) is 30.7 Å². The molecule has 0 bridgehead atoms. The van der Waals surface area contributed by atoms with Crippen LogP contribution in [0.25, 0.3) is 16.6 Å². The molecule has 1 unspecified atom stereocenters. The van der Waals surface area contributed by atoms with Crippen LogP contribution in [-0.2, 0) is 4.74 Å². The first kappa shape index (κ1) is 22.0. The zero-order valence-electron chi connectivity index (χ0n) is 19.0. The smallest absolute Gasteiger partial charge is 0.320 e. The summed E-state index contributed by atoms with van der Waals surface area (Å²) in [7, 11) is 0. The van der Waals surface area contributed by atoms with E-state index in [0.29, 0.717) is 25.6 Å². The van der Waals surface area contributed by atoms with Crippen molar-refractivity contribution in [1.29, 1.82) is 0 Å². The number of nitrogens with zero attached hydrogens (tertiary/aromatic N) is 5. The minimum Gasteiger partial charge on any atom is -0.379 e. The first-order valence-corrected chi connectivity index (χ1v) is 11.3. The van der Waals surface area contributed by atoms with Crippen molar-refractivity contribution in [3.63, 3.8) is 0 Å². The number of nitrogens with one attached hydrogen (secondary N) is 2. The van der Waals surface area contributed by atoms with E-state index in [1.807, 2.05) is 60.1 Å². The van der Waals surface area contributed by atoms with Crippen LogP contribution in [-0.4, -0.2) is 63.5 Å². The molecule has 3 aromatic heterocycles. The van der Waals surface area contributed by atoms with E-state index >= 15 is 0 Å². The Kier molecular flexibility index (Phi) is 6.46. The van der Waals surface area contributed by atoms with E-state index in [2.05, 4.69) is 30.6 Å². The number of amides is 2. The molecule has 1 saturated heterocycles. The van der Waals surface area contributed by atoms with E-state index in [1.54, 1.807) is 18.6 Å². The molecule has 34 heavy (non-hydrogen) atoms. The minimum atomic E-state index is -0.300. The quantitative estimate of drug-likeness (QED) is 0.461. The van der Waals surface area contributed by atoms with Crippen LogP contribution in [0, 0.1) is 6.92 Å². The van der Waals surface area contributed by atoms with E-state index in [-0.39, 0.29) is 12.1 Å². The SMILES string of the molecule is Cc1cc(-n2ncc3cc(NC(=O)NC(CN4CCOCC4)c4ccccc4)ncc32)ccn1. The van der Waals surface area contributed by atoms with Crippen LogP contribution in [0.2, 0.25) is 0 Å². The molecule has 2 amide bonds. The Morgan fingerprint density at radius 2 is 1.91 bits per heavy atom. The van der Waals surface area contributed by atoms with E-state index in [1.165, 1.54) is 0 Å². The van der Waals surface area contributed by atoms with Gasteiger partial charge in [-0.1, -0.05) is 30.3 Å². The van der Waals surface area contributed by atoms with Crippen molar-refractivity contribution in [2.45, 2.75) is 13.0 Å². The lowest BCUT2D eigenvalue weighted by molar-refractivity contribution is 0.0340. The lowest BCUT2D eigenvalue weighted by Crippen LogP contribution is -2.44. The van der Waals surface area contributed by atoms with Crippen molar-refractivity contribution in [2.75, 3.05) is 38.2 Å². The number of pyridine rings is 2. The second-order valence-electron chi connectivity index (χ2n) is 8.31. The molecule has 1 aliphatic heterocycles. The maximum Gasteiger partial charge on any atom is 0.320 e. The number of anilines is 1. The molecule has 174 valence electrons. The van der Waals surface area contributed by atoms with Crippen LogP contribution in [0.3, 0.4) is 0 Å². The highest BCUT2D eigenvalue weighted by molar-refractivity contribution is 5.91. The number of rotatable bonds is 6. The largest absolute Gasteiger partial charge is 0.379 e. The van der Waals surface area contributed by atoms with Crippen molar-refractivity contribution < 1.29 is 9.53 Å². The Hall–Kier alpha value is -3.82. The highest BCUT2D eigenvalue weighted by Gasteiger charge is 2.20. The van der Waals surface area contributed by atoms with Gasteiger partial charge in [0.15, 0.2) is 0 Å². The monoisotopic (exact) mass is 457 g/mol. The molecular formula is C25H27N7O2. The Labute approximate surface area is 197 Å². The molecule has 4 aromatic rings. The number of ether oxygens (including phenoxy) is 1. The molecule has 1 atom stereocenters. The minimum absolute atomic E-state index is 0.152. The van der Waals surface area contributed by atoms with Crippen molar-refractivity contribution >= 4 is 22.8 Å². The number of benzene rings is 1. The van der Waals surface area contributed by atoms with Crippen molar-refractivity contribution in [2.24, 2.45) is 0 Å². The molecule has 1 aliphatic rings. The second-order valence-corrected chi connectivity index (χ2v) is 8.31. The molecule has 5 rings (SSSR count). The molecule has 0 saturated carbocycles. The van der Waals surface area contributed by atoms with Gasteiger partial charge < -0.3 is 10.1 Å². The summed E-state index contributed by atoms with van der Waals surface area (Å²) in [5.74, 6) is 0.466. The topological polar surface area (TPSA) is 97.2 Å². The Morgan fingerprint density at radius 1 is 1.09 bits per heavy atom. The Balaban J connectivity index is 1.30. The van der Waals surface area contributed by atoms with Crippen LogP contribution in [0.4, 0.5) is 10.6 Å². The summed E-state index contributed by atoms with van der Waals surface area (Å²) < 4.78 is 7.27. The maximum absolute atomic E-state index is 12.9. The van der Waals surface area contributed by atoms with Gasteiger partial charge in [0.25, 0.3) is 0 Å². The number of hydrogen-bond acceptors (Lipinski definition) is 6. The maximum atomic E-state index is 12.9. The number of fused-ring (bicyclic) bond motifs is 1. The molecule has 0 radical (unpaired) electrons. The molecular weight excluding hydrogens is 430 g/mol. The summed E-state index contributed by atoms with van der Waals surface area (Å²) in [4.78, 5) is 23.9. The highest BCUT2D eigenvalue weighted by Crippen LogP contribution is 2.21. The Bertz CT molecular complexity index is 1270. The van der Waals surface area contributed by atoms with Crippen LogP contribution in [0.1, 0.15) is 17.3 Å². The van der Waals surface area contributed by atoms with Gasteiger partial charge >= 0.3 is 6.03 Å². The zero-order chi connectivity index (χ0) is 23.3. The molecule has 2 N–H and O–H groups in total. The fourth-order valence-electron chi connectivity index (χ4n) is 4.14. The van der Waals surface area contributed by atoms with Crippen LogP contribution in [0.5, 0.6) is 0 Å². The van der Waals surface area contributed by atoms with Crippen molar-refractivity contribution in [1.82, 2.24) is 30.0 Å². The number of carbonyl (C=O) groups is 1. The lowest BCUT2D eigenvalue weighted by atomic mass is 10.1. The zero-order valence-corrected chi connectivity index (χ0v) is 19.0. The van der Waals surface area contributed by atoms with Crippen LogP contribution >= 0.6 is 0 Å². The molecule has 0 spiro atoms. The van der Waals surface area contributed by atoms with Gasteiger partial charge in [0.2, 0.25) is 0 Å². The summed E-state index contributed by atoms with van der Waals surface area (Å²) in [6.07, 6.45) is 5.24. The van der Waals surface area contributed by atoms with Crippen molar-refractivity contribution in [3.05, 3.63) is 78.4 Å². The molecule has 1 fully saturated rings. The van der Waals surface area contributed by atoms with E-state index < -0.39 is 0 Å². The first-order chi connectivity index (χ1) is 16.7. The highest BCUT2D eigenvalue weighted by atomic mass is 16.5. The number of aryl methyl sites for hydroxylation is 1. The third-order valence-corrected chi connectivity index (χ3v) is 5.87. The summed E-state index contributed by atoms with van der Waals surface area (Å²) in [5.41, 5.74) is 3.73. The predicted molar refractivity (Wildman–Crippen MR) is 130 cm³/mol. The average molecular weight is 458 g/mol. The number of urea groups is 1. The van der Waals surface area contributed by atoms with Gasteiger partial charge in [-0.3, -0.25) is 15.2 Å². The molecule has 4 heterocycles. The van der Waals surface area contributed by atoms with Gasteiger partial charge in [0, 0.05) is 36.9 Å². The molecule has 9 heteroatoms. The third kappa shape index (κ3) is 5.05. The third-order valence-electron chi connectivity index (χ3n) is 5.87. The number of morpholine rings is 1. The van der Waals surface area contributed by atoms with Gasteiger partial charge in [-0.15, -0.1) is 0 Å². The fraction of sp³-hybridized carbons (Fsp3) is 0.280. The average Bonchev–Trinajstić information content (AvgIpc) is 3.28. The predicted octanol–water partition coefficient (Wildman–Crippen LogP) is 3.32. The number of carbonyl (C=O) groups excluding carboxylic acids is 1. The van der Waals surface area contributed by atoms with Gasteiger partial charge in [0.05, 0.1) is 42.9 Å². The normalized spacial score (nSPS) is 15.2. The van der Waals surface area contributed by atoms with E-state index in [0.717, 1.165) is 40.9 Å². The number of aromatic nitrogens is 4. The lowest BCUT2D eigenvalue weighted by Gasteiger charge is -2.31. The second kappa shape index (κ2) is 9.98. The summed E-state index contributed by atoms with van der Waals surface area (Å²) in [5, 5.41) is 11.4. The van der Waals surface area contributed by atoms with E-state index in [9.17, 15) is 4.79 Å².